The molecule has 0 spiro atoms. The second kappa shape index (κ2) is 5.08. The quantitative estimate of drug-likeness (QED) is 0.899. The number of para-hydroxylation sites is 1. The number of rotatable bonds is 3. The molecular formula is C16H20N2O. The second-order valence-corrected chi connectivity index (χ2v) is 5.53. The number of hydrogen-bond acceptors (Lipinski definition) is 1. The van der Waals surface area contributed by atoms with Crippen LogP contribution < -0.4 is 5.32 Å². The van der Waals surface area contributed by atoms with Crippen molar-refractivity contribution < 1.29 is 4.79 Å². The van der Waals surface area contributed by atoms with E-state index in [1.807, 2.05) is 42.1 Å². The minimum Gasteiger partial charge on any atom is -0.352 e. The number of carbonyl (C=O) groups excluding carboxylic acids is 1. The van der Waals surface area contributed by atoms with Gasteiger partial charge in [0.1, 0.15) is 0 Å². The van der Waals surface area contributed by atoms with Crippen LogP contribution >= 0.6 is 0 Å². The largest absolute Gasteiger partial charge is 0.352 e. The Kier molecular flexibility index (Phi) is 3.28. The van der Waals surface area contributed by atoms with E-state index in [9.17, 15) is 4.79 Å². The zero-order valence-corrected chi connectivity index (χ0v) is 11.4. The van der Waals surface area contributed by atoms with Gasteiger partial charge in [0.05, 0.1) is 5.56 Å². The van der Waals surface area contributed by atoms with Gasteiger partial charge in [0.2, 0.25) is 0 Å². The Morgan fingerprint density at radius 1 is 1.32 bits per heavy atom. The maximum Gasteiger partial charge on any atom is 0.253 e. The highest BCUT2D eigenvalue weighted by Crippen LogP contribution is 2.24. The van der Waals surface area contributed by atoms with Gasteiger partial charge in [-0.2, -0.15) is 0 Å². The molecule has 3 nitrogen and oxygen atoms in total. The Morgan fingerprint density at radius 3 is 2.84 bits per heavy atom. The molecule has 3 rings (SSSR count). The van der Waals surface area contributed by atoms with Gasteiger partial charge in [0.25, 0.3) is 5.91 Å². The Bertz CT molecular complexity index is 594. The molecule has 1 aliphatic rings. The van der Waals surface area contributed by atoms with E-state index in [2.05, 4.69) is 5.32 Å². The van der Waals surface area contributed by atoms with Crippen molar-refractivity contribution in [1.82, 2.24) is 9.88 Å². The molecule has 0 saturated heterocycles. The van der Waals surface area contributed by atoms with Crippen molar-refractivity contribution in [2.75, 3.05) is 6.54 Å². The summed E-state index contributed by atoms with van der Waals surface area (Å²) in [6, 6.07) is 8.04. The predicted molar refractivity (Wildman–Crippen MR) is 77.2 cm³/mol. The summed E-state index contributed by atoms with van der Waals surface area (Å²) in [6.07, 6.45) is 7.07. The highest BCUT2D eigenvalue weighted by atomic mass is 16.1. The Morgan fingerprint density at radius 2 is 2.05 bits per heavy atom. The molecule has 0 aliphatic heterocycles. The lowest BCUT2D eigenvalue weighted by molar-refractivity contribution is 0.0949. The molecule has 1 aromatic heterocycles. The minimum atomic E-state index is 0.0590. The molecule has 1 fully saturated rings. The summed E-state index contributed by atoms with van der Waals surface area (Å²) in [5.41, 5.74) is 1.89. The molecule has 19 heavy (non-hydrogen) atoms. The molecule has 1 aliphatic carbocycles. The highest BCUT2D eigenvalue weighted by Gasteiger charge is 2.18. The zero-order chi connectivity index (χ0) is 13.2. The zero-order valence-electron chi connectivity index (χ0n) is 11.4. The predicted octanol–water partition coefficient (Wildman–Crippen LogP) is 3.10. The smallest absolute Gasteiger partial charge is 0.253 e. The Balaban J connectivity index is 1.77. The summed E-state index contributed by atoms with van der Waals surface area (Å²) in [6.45, 7) is 0.821. The van der Waals surface area contributed by atoms with Crippen LogP contribution in [-0.2, 0) is 7.05 Å². The van der Waals surface area contributed by atoms with Crippen LogP contribution in [0.25, 0.3) is 10.9 Å². The standard InChI is InChI=1S/C16H20N2O/c1-18-11-14(13-8-4-5-9-15(13)18)16(19)17-10-12-6-2-3-7-12/h4-5,8-9,11-12H,2-3,6-7,10H2,1H3,(H,17,19). The first-order chi connectivity index (χ1) is 9.25. The maximum atomic E-state index is 12.3. The van der Waals surface area contributed by atoms with Crippen LogP contribution in [0.5, 0.6) is 0 Å². The topological polar surface area (TPSA) is 34.0 Å². The van der Waals surface area contributed by atoms with Crippen molar-refractivity contribution in [2.24, 2.45) is 13.0 Å². The van der Waals surface area contributed by atoms with Crippen LogP contribution in [0.4, 0.5) is 0 Å². The number of aromatic nitrogens is 1. The molecule has 100 valence electrons. The molecule has 0 bridgehead atoms. The van der Waals surface area contributed by atoms with Gasteiger partial charge in [0, 0.05) is 30.7 Å². The maximum absolute atomic E-state index is 12.3. The van der Waals surface area contributed by atoms with Crippen LogP contribution in [0.2, 0.25) is 0 Å². The molecule has 1 amide bonds. The summed E-state index contributed by atoms with van der Waals surface area (Å²) in [7, 11) is 1.98. The molecular weight excluding hydrogens is 236 g/mol. The SMILES string of the molecule is Cn1cc(C(=O)NCC2CCCC2)c2ccccc21. The summed E-state index contributed by atoms with van der Waals surface area (Å²) >= 11 is 0. The van der Waals surface area contributed by atoms with E-state index in [1.165, 1.54) is 25.7 Å². The average Bonchev–Trinajstić information content (AvgIpc) is 3.05. The van der Waals surface area contributed by atoms with Crippen molar-refractivity contribution in [3.8, 4) is 0 Å². The van der Waals surface area contributed by atoms with E-state index in [4.69, 9.17) is 0 Å². The lowest BCUT2D eigenvalue weighted by Crippen LogP contribution is -2.28. The second-order valence-electron chi connectivity index (χ2n) is 5.53. The lowest BCUT2D eigenvalue weighted by Gasteiger charge is -2.09. The van der Waals surface area contributed by atoms with Crippen molar-refractivity contribution in [1.29, 1.82) is 0 Å². The summed E-state index contributed by atoms with van der Waals surface area (Å²) in [4.78, 5) is 12.3. The molecule has 1 heterocycles. The molecule has 3 heteroatoms. The first kappa shape index (κ1) is 12.3. The van der Waals surface area contributed by atoms with Crippen LogP contribution in [0.15, 0.2) is 30.5 Å². The monoisotopic (exact) mass is 256 g/mol. The van der Waals surface area contributed by atoms with Crippen molar-refractivity contribution in [3.05, 3.63) is 36.0 Å². The van der Waals surface area contributed by atoms with Gasteiger partial charge in [-0.1, -0.05) is 31.0 Å². The van der Waals surface area contributed by atoms with E-state index in [-0.39, 0.29) is 5.91 Å². The van der Waals surface area contributed by atoms with Gasteiger partial charge < -0.3 is 9.88 Å². The summed E-state index contributed by atoms with van der Waals surface area (Å²) in [5, 5.41) is 4.13. The number of benzene rings is 1. The van der Waals surface area contributed by atoms with Gasteiger partial charge >= 0.3 is 0 Å². The van der Waals surface area contributed by atoms with Crippen LogP contribution in [0, 0.1) is 5.92 Å². The number of carbonyl (C=O) groups is 1. The lowest BCUT2D eigenvalue weighted by atomic mass is 10.1. The van der Waals surface area contributed by atoms with E-state index in [0.717, 1.165) is 23.0 Å². The van der Waals surface area contributed by atoms with Gasteiger partial charge in [-0.05, 0) is 24.8 Å². The fraction of sp³-hybridized carbons (Fsp3) is 0.438. The Hall–Kier alpha value is -1.77. The number of aryl methyl sites for hydroxylation is 1. The third kappa shape index (κ3) is 2.37. The highest BCUT2D eigenvalue weighted by molar-refractivity contribution is 6.06. The molecule has 2 aromatic rings. The van der Waals surface area contributed by atoms with Crippen molar-refractivity contribution in [3.63, 3.8) is 0 Å². The van der Waals surface area contributed by atoms with E-state index < -0.39 is 0 Å². The van der Waals surface area contributed by atoms with E-state index >= 15 is 0 Å². The van der Waals surface area contributed by atoms with E-state index in [1.54, 1.807) is 0 Å². The van der Waals surface area contributed by atoms with Crippen LogP contribution in [-0.4, -0.2) is 17.0 Å². The third-order valence-electron chi connectivity index (χ3n) is 4.17. The molecule has 0 radical (unpaired) electrons. The first-order valence-corrected chi connectivity index (χ1v) is 7.08. The minimum absolute atomic E-state index is 0.0590. The van der Waals surface area contributed by atoms with Gasteiger partial charge in [-0.25, -0.2) is 0 Å². The number of fused-ring (bicyclic) bond motifs is 1. The molecule has 1 aromatic carbocycles. The van der Waals surface area contributed by atoms with Gasteiger partial charge in [-0.3, -0.25) is 4.79 Å². The molecule has 1 N–H and O–H groups in total. The first-order valence-electron chi connectivity index (χ1n) is 7.08. The average molecular weight is 256 g/mol. The molecule has 0 unspecified atom stereocenters. The molecule has 0 atom stereocenters. The number of hydrogen-bond donors (Lipinski definition) is 1. The number of nitrogens with zero attached hydrogens (tertiary/aromatic N) is 1. The van der Waals surface area contributed by atoms with Crippen molar-refractivity contribution in [2.45, 2.75) is 25.7 Å². The van der Waals surface area contributed by atoms with Gasteiger partial charge in [-0.15, -0.1) is 0 Å². The summed E-state index contributed by atoms with van der Waals surface area (Å²) < 4.78 is 2.01. The van der Waals surface area contributed by atoms with Crippen LogP contribution in [0.1, 0.15) is 36.0 Å². The summed E-state index contributed by atoms with van der Waals surface area (Å²) in [5.74, 6) is 0.739. The number of amides is 1. The van der Waals surface area contributed by atoms with Crippen LogP contribution in [0.3, 0.4) is 0 Å². The normalized spacial score (nSPS) is 16.1. The Labute approximate surface area is 113 Å². The fourth-order valence-corrected chi connectivity index (χ4v) is 3.07. The van der Waals surface area contributed by atoms with E-state index in [0.29, 0.717) is 5.92 Å². The fourth-order valence-electron chi connectivity index (χ4n) is 3.07. The third-order valence-corrected chi connectivity index (χ3v) is 4.17. The van der Waals surface area contributed by atoms with Gasteiger partial charge in [0.15, 0.2) is 0 Å². The molecule has 1 saturated carbocycles. The number of nitrogens with one attached hydrogen (secondary N) is 1. The van der Waals surface area contributed by atoms with Crippen molar-refractivity contribution >= 4 is 16.8 Å².